The Bertz CT molecular complexity index is 792. The van der Waals surface area contributed by atoms with Crippen molar-refractivity contribution in [3.8, 4) is 6.07 Å². The first-order chi connectivity index (χ1) is 14.0. The number of nitrogens with one attached hydrogen (secondary N) is 1. The average Bonchev–Trinajstić information content (AvgIpc) is 2.78. The third kappa shape index (κ3) is 4.69. The predicted octanol–water partition coefficient (Wildman–Crippen LogP) is 3.28. The maximum absolute atomic E-state index is 12.9. The number of hydrogen-bond acceptors (Lipinski definition) is 5. The lowest BCUT2D eigenvalue weighted by Gasteiger charge is -2.39. The van der Waals surface area contributed by atoms with Crippen LogP contribution in [0.25, 0.3) is 0 Å². The van der Waals surface area contributed by atoms with Gasteiger partial charge in [-0.1, -0.05) is 25.3 Å². The van der Waals surface area contributed by atoms with Crippen LogP contribution in [0.3, 0.4) is 0 Å². The first kappa shape index (κ1) is 21.5. The van der Waals surface area contributed by atoms with Crippen LogP contribution in [0.1, 0.15) is 48.0 Å². The van der Waals surface area contributed by atoms with E-state index in [1.807, 2.05) is 41.8 Å². The van der Waals surface area contributed by atoms with Gasteiger partial charge in [-0.15, -0.1) is 0 Å². The molecule has 156 valence electrons. The molecule has 3 rings (SSSR count). The Morgan fingerprint density at radius 2 is 1.93 bits per heavy atom. The number of carbonyl (C=O) groups excluding carboxylic acids is 2. The Labute approximate surface area is 177 Å². The second kappa shape index (κ2) is 9.53. The summed E-state index contributed by atoms with van der Waals surface area (Å²) in [6, 6.07) is 8.00. The van der Waals surface area contributed by atoms with E-state index in [-0.39, 0.29) is 18.4 Å². The fourth-order valence-corrected chi connectivity index (χ4v) is 5.09. The van der Waals surface area contributed by atoms with E-state index in [2.05, 4.69) is 11.4 Å². The van der Waals surface area contributed by atoms with Gasteiger partial charge >= 0.3 is 0 Å². The fourth-order valence-electron chi connectivity index (χ4n) is 4.18. The molecule has 1 heterocycles. The predicted molar refractivity (Wildman–Crippen MR) is 117 cm³/mol. The zero-order chi connectivity index (χ0) is 20.9. The topological polar surface area (TPSA) is 76.4 Å². The molecular formula is C22H30N4O2S. The summed E-state index contributed by atoms with van der Waals surface area (Å²) in [7, 11) is 1.74. The average molecular weight is 415 g/mol. The minimum atomic E-state index is -0.684. The number of anilines is 1. The molecule has 1 aliphatic heterocycles. The van der Waals surface area contributed by atoms with Gasteiger partial charge in [0.2, 0.25) is 5.91 Å². The molecular weight excluding hydrogens is 384 g/mol. The molecule has 2 amide bonds. The highest BCUT2D eigenvalue weighted by molar-refractivity contribution is 7.99. The van der Waals surface area contributed by atoms with E-state index < -0.39 is 5.54 Å². The van der Waals surface area contributed by atoms with Crippen molar-refractivity contribution >= 4 is 29.3 Å². The van der Waals surface area contributed by atoms with E-state index in [9.17, 15) is 14.9 Å². The molecule has 1 aromatic rings. The quantitative estimate of drug-likeness (QED) is 0.800. The molecule has 1 aliphatic carbocycles. The van der Waals surface area contributed by atoms with Crippen molar-refractivity contribution < 1.29 is 9.59 Å². The van der Waals surface area contributed by atoms with Gasteiger partial charge in [-0.25, -0.2) is 0 Å². The molecule has 7 heteroatoms. The van der Waals surface area contributed by atoms with Crippen LogP contribution in [-0.2, 0) is 4.79 Å². The molecule has 2 aliphatic rings. The molecule has 6 nitrogen and oxygen atoms in total. The van der Waals surface area contributed by atoms with E-state index in [1.165, 1.54) is 0 Å². The number of benzene rings is 1. The standard InChI is InChI=1S/C22H30N4O2S/c1-17-18(21(28)26-11-13-29-14-12-26)7-6-8-19(17)24-15-20(27)25(2)22(16-23)9-4-3-5-10-22/h6-8,24H,3-5,9-15H2,1-2H3. The van der Waals surface area contributed by atoms with Gasteiger partial charge in [-0.2, -0.15) is 17.0 Å². The van der Waals surface area contributed by atoms with Crippen LogP contribution >= 0.6 is 11.8 Å². The van der Waals surface area contributed by atoms with Crippen molar-refractivity contribution in [2.24, 2.45) is 0 Å². The number of likely N-dealkylation sites (N-methyl/N-ethyl adjacent to an activating group) is 1. The van der Waals surface area contributed by atoms with Gasteiger partial charge in [-0.3, -0.25) is 9.59 Å². The number of hydrogen-bond donors (Lipinski definition) is 1. The smallest absolute Gasteiger partial charge is 0.254 e. The lowest BCUT2D eigenvalue weighted by Crippen LogP contribution is -2.51. The van der Waals surface area contributed by atoms with Crippen LogP contribution in [-0.4, -0.2) is 65.3 Å². The van der Waals surface area contributed by atoms with Crippen molar-refractivity contribution in [3.63, 3.8) is 0 Å². The molecule has 1 saturated heterocycles. The van der Waals surface area contributed by atoms with Crippen LogP contribution in [0.2, 0.25) is 0 Å². The van der Waals surface area contributed by atoms with E-state index in [0.29, 0.717) is 5.56 Å². The third-order valence-corrected chi connectivity index (χ3v) is 7.14. The summed E-state index contributed by atoms with van der Waals surface area (Å²) in [5, 5.41) is 12.9. The molecule has 0 aromatic heterocycles. The first-order valence-corrected chi connectivity index (χ1v) is 11.5. The second-order valence-corrected chi connectivity index (χ2v) is 9.12. The van der Waals surface area contributed by atoms with Crippen molar-refractivity contribution in [1.82, 2.24) is 9.80 Å². The van der Waals surface area contributed by atoms with Crippen molar-refractivity contribution in [2.45, 2.75) is 44.6 Å². The molecule has 0 spiro atoms. The highest BCUT2D eigenvalue weighted by Gasteiger charge is 2.38. The van der Waals surface area contributed by atoms with E-state index in [0.717, 1.165) is 68.0 Å². The lowest BCUT2D eigenvalue weighted by atomic mass is 9.81. The minimum absolute atomic E-state index is 0.0560. The summed E-state index contributed by atoms with van der Waals surface area (Å²) < 4.78 is 0. The van der Waals surface area contributed by atoms with Crippen molar-refractivity contribution in [3.05, 3.63) is 29.3 Å². The summed E-state index contributed by atoms with van der Waals surface area (Å²) in [5.41, 5.74) is 1.65. The summed E-state index contributed by atoms with van der Waals surface area (Å²) in [4.78, 5) is 29.2. The second-order valence-electron chi connectivity index (χ2n) is 7.89. The zero-order valence-corrected chi connectivity index (χ0v) is 18.2. The van der Waals surface area contributed by atoms with Crippen LogP contribution in [0.4, 0.5) is 5.69 Å². The molecule has 0 radical (unpaired) electrons. The van der Waals surface area contributed by atoms with Gasteiger partial charge < -0.3 is 15.1 Å². The SMILES string of the molecule is Cc1c(NCC(=O)N(C)C2(C#N)CCCCC2)cccc1C(=O)N1CCSCC1. The highest BCUT2D eigenvalue weighted by atomic mass is 32.2. The maximum atomic E-state index is 12.9. The normalized spacial score (nSPS) is 18.6. The fraction of sp³-hybridized carbons (Fsp3) is 0.591. The molecule has 0 bridgehead atoms. The Hall–Kier alpha value is -2.20. The van der Waals surface area contributed by atoms with Gasteiger partial charge in [0, 0.05) is 42.9 Å². The Morgan fingerprint density at radius 1 is 1.24 bits per heavy atom. The monoisotopic (exact) mass is 414 g/mol. The van der Waals surface area contributed by atoms with Gasteiger partial charge in [0.05, 0.1) is 12.6 Å². The van der Waals surface area contributed by atoms with Crippen LogP contribution in [0, 0.1) is 18.3 Å². The third-order valence-electron chi connectivity index (χ3n) is 6.20. The summed E-state index contributed by atoms with van der Waals surface area (Å²) in [5.74, 6) is 1.91. The maximum Gasteiger partial charge on any atom is 0.254 e. The molecule has 2 fully saturated rings. The number of carbonyl (C=O) groups is 2. The van der Waals surface area contributed by atoms with Crippen LogP contribution in [0.5, 0.6) is 0 Å². The van der Waals surface area contributed by atoms with Crippen LogP contribution < -0.4 is 5.32 Å². The number of nitriles is 1. The molecule has 29 heavy (non-hydrogen) atoms. The van der Waals surface area contributed by atoms with Crippen molar-refractivity contribution in [1.29, 1.82) is 5.26 Å². The molecule has 1 saturated carbocycles. The van der Waals surface area contributed by atoms with E-state index >= 15 is 0 Å². The summed E-state index contributed by atoms with van der Waals surface area (Å²) in [6.45, 7) is 3.58. The van der Waals surface area contributed by atoms with Gasteiger partial charge in [0.25, 0.3) is 5.91 Å². The van der Waals surface area contributed by atoms with Gasteiger partial charge in [-0.05, 0) is 37.5 Å². The Balaban J connectivity index is 1.67. The largest absolute Gasteiger partial charge is 0.376 e. The molecule has 0 unspecified atom stereocenters. The molecule has 1 aromatic carbocycles. The lowest BCUT2D eigenvalue weighted by molar-refractivity contribution is -0.132. The number of rotatable bonds is 5. The minimum Gasteiger partial charge on any atom is -0.376 e. The Morgan fingerprint density at radius 3 is 2.59 bits per heavy atom. The number of thioether (sulfide) groups is 1. The highest BCUT2D eigenvalue weighted by Crippen LogP contribution is 2.32. The summed E-state index contributed by atoms with van der Waals surface area (Å²) >= 11 is 1.87. The van der Waals surface area contributed by atoms with Gasteiger partial charge in [0.15, 0.2) is 0 Å². The molecule has 1 N–H and O–H groups in total. The van der Waals surface area contributed by atoms with Crippen molar-refractivity contribution in [2.75, 3.05) is 43.5 Å². The molecule has 0 atom stereocenters. The zero-order valence-electron chi connectivity index (χ0n) is 17.4. The first-order valence-electron chi connectivity index (χ1n) is 10.4. The summed E-state index contributed by atoms with van der Waals surface area (Å²) in [6.07, 6.45) is 4.57. The van der Waals surface area contributed by atoms with Gasteiger partial charge in [0.1, 0.15) is 5.54 Å². The van der Waals surface area contributed by atoms with E-state index in [1.54, 1.807) is 11.9 Å². The number of amides is 2. The van der Waals surface area contributed by atoms with E-state index in [4.69, 9.17) is 0 Å². The Kier molecular flexibility index (Phi) is 7.07. The number of nitrogens with zero attached hydrogens (tertiary/aromatic N) is 3. The van der Waals surface area contributed by atoms with Crippen LogP contribution in [0.15, 0.2) is 18.2 Å².